The lowest BCUT2D eigenvalue weighted by molar-refractivity contribution is -0.141. The Balaban J connectivity index is 1.56. The Morgan fingerprint density at radius 3 is 2.53 bits per heavy atom. The van der Waals surface area contributed by atoms with Crippen molar-refractivity contribution in [2.75, 3.05) is 6.54 Å². The molecule has 0 aliphatic carbocycles. The number of aromatic nitrogens is 2. The molecule has 0 spiro atoms. The molecule has 0 bridgehead atoms. The number of likely N-dealkylation sites (tertiary alicyclic amines) is 1. The first-order chi connectivity index (χ1) is 17.1. The number of rotatable bonds is 4. The van der Waals surface area contributed by atoms with Gasteiger partial charge < -0.3 is 4.90 Å². The molecule has 10 heteroatoms. The smallest absolute Gasteiger partial charge is 0.339 e. The Kier molecular flexibility index (Phi) is 6.59. The van der Waals surface area contributed by atoms with E-state index in [2.05, 4.69) is 10.1 Å². The fourth-order valence-corrected chi connectivity index (χ4v) is 5.48. The van der Waals surface area contributed by atoms with Crippen LogP contribution < -0.4 is 0 Å². The molecule has 3 atom stereocenters. The lowest BCUT2D eigenvalue weighted by atomic mass is 9.86. The second-order valence-electron chi connectivity index (χ2n) is 9.20. The average molecular weight is 535 g/mol. The molecule has 3 aromatic rings. The van der Waals surface area contributed by atoms with Crippen molar-refractivity contribution in [3.8, 4) is 0 Å². The molecule has 0 radical (unpaired) electrons. The Labute approximate surface area is 216 Å². The largest absolute Gasteiger partial charge is 0.435 e. The van der Waals surface area contributed by atoms with E-state index in [0.29, 0.717) is 29.3 Å². The minimum Gasteiger partial charge on any atom is -0.339 e. The Bertz CT molecular complexity index is 1320. The average Bonchev–Trinajstić information content (AvgIpc) is 3.47. The molecular weight excluding hydrogens is 512 g/mol. The van der Waals surface area contributed by atoms with E-state index in [1.54, 1.807) is 25.1 Å². The van der Waals surface area contributed by atoms with Crippen molar-refractivity contribution in [1.29, 1.82) is 0 Å². The number of benzene rings is 2. The third-order valence-electron chi connectivity index (χ3n) is 6.85. The van der Waals surface area contributed by atoms with Crippen LogP contribution in [0.3, 0.4) is 0 Å². The van der Waals surface area contributed by atoms with Crippen molar-refractivity contribution in [2.45, 2.75) is 44.4 Å². The predicted molar refractivity (Wildman–Crippen MR) is 133 cm³/mol. The van der Waals surface area contributed by atoms with Crippen LogP contribution in [0.1, 0.15) is 42.6 Å². The molecule has 1 saturated heterocycles. The number of halogens is 5. The molecule has 2 aromatic carbocycles. The molecule has 36 heavy (non-hydrogen) atoms. The SMILES string of the molecule is CC1=Nc2cc(C(F)(F)F)nn2C(c2ccc(Cl)c(Cl)c2)C1C(=O)N1CCCC1Cc1ccccc1. The second kappa shape index (κ2) is 9.56. The Morgan fingerprint density at radius 1 is 1.08 bits per heavy atom. The summed E-state index contributed by atoms with van der Waals surface area (Å²) in [5, 5.41) is 4.40. The van der Waals surface area contributed by atoms with Crippen molar-refractivity contribution < 1.29 is 18.0 Å². The summed E-state index contributed by atoms with van der Waals surface area (Å²) < 4.78 is 41.8. The van der Waals surface area contributed by atoms with Gasteiger partial charge in [-0.1, -0.05) is 59.6 Å². The van der Waals surface area contributed by atoms with Crippen LogP contribution in [0, 0.1) is 5.92 Å². The molecule has 188 valence electrons. The zero-order chi connectivity index (χ0) is 25.6. The highest BCUT2D eigenvalue weighted by molar-refractivity contribution is 6.42. The number of amides is 1. The van der Waals surface area contributed by atoms with Gasteiger partial charge in [0.05, 0.1) is 16.1 Å². The van der Waals surface area contributed by atoms with Crippen LogP contribution in [0.4, 0.5) is 19.0 Å². The number of hydrogen-bond acceptors (Lipinski definition) is 3. The van der Waals surface area contributed by atoms with Crippen LogP contribution in [0.2, 0.25) is 10.0 Å². The van der Waals surface area contributed by atoms with E-state index in [4.69, 9.17) is 23.2 Å². The van der Waals surface area contributed by atoms with Crippen LogP contribution in [-0.2, 0) is 17.4 Å². The summed E-state index contributed by atoms with van der Waals surface area (Å²) in [5.74, 6) is -0.977. The maximum absolute atomic E-state index is 14.1. The monoisotopic (exact) mass is 534 g/mol. The lowest BCUT2D eigenvalue weighted by Crippen LogP contribution is -2.47. The molecular formula is C26H23Cl2F3N4O. The summed E-state index contributed by atoms with van der Waals surface area (Å²) in [4.78, 5) is 20.3. The van der Waals surface area contributed by atoms with Crippen LogP contribution in [0.15, 0.2) is 59.6 Å². The maximum Gasteiger partial charge on any atom is 0.435 e. The van der Waals surface area contributed by atoms with Gasteiger partial charge in [-0.3, -0.25) is 4.79 Å². The number of carbonyl (C=O) groups is 1. The number of nitrogens with zero attached hydrogens (tertiary/aromatic N) is 4. The normalized spacial score (nSPS) is 21.9. The van der Waals surface area contributed by atoms with Gasteiger partial charge in [0.25, 0.3) is 0 Å². The Hall–Kier alpha value is -2.84. The molecule has 3 heterocycles. The summed E-state index contributed by atoms with van der Waals surface area (Å²) >= 11 is 12.4. The first-order valence-electron chi connectivity index (χ1n) is 11.6. The fourth-order valence-electron chi connectivity index (χ4n) is 5.18. The molecule has 0 saturated carbocycles. The van der Waals surface area contributed by atoms with E-state index in [1.165, 1.54) is 4.68 Å². The van der Waals surface area contributed by atoms with E-state index in [0.717, 1.165) is 24.5 Å². The quantitative estimate of drug-likeness (QED) is 0.371. The van der Waals surface area contributed by atoms with Gasteiger partial charge in [0.2, 0.25) is 5.91 Å². The minimum atomic E-state index is -4.65. The first-order valence-corrected chi connectivity index (χ1v) is 12.4. The van der Waals surface area contributed by atoms with Crippen molar-refractivity contribution >= 4 is 40.6 Å². The number of hydrogen-bond donors (Lipinski definition) is 0. The summed E-state index contributed by atoms with van der Waals surface area (Å²) in [6.45, 7) is 2.26. The van der Waals surface area contributed by atoms with E-state index in [9.17, 15) is 18.0 Å². The van der Waals surface area contributed by atoms with Gasteiger partial charge in [-0.25, -0.2) is 9.67 Å². The highest BCUT2D eigenvalue weighted by atomic mass is 35.5. The summed E-state index contributed by atoms with van der Waals surface area (Å²) in [6.07, 6.45) is -2.23. The van der Waals surface area contributed by atoms with Gasteiger partial charge in [-0.05, 0) is 49.4 Å². The predicted octanol–water partition coefficient (Wildman–Crippen LogP) is 6.75. The lowest BCUT2D eigenvalue weighted by Gasteiger charge is -2.35. The number of fused-ring (bicyclic) bond motifs is 1. The standard InChI is InChI=1S/C26H23Cl2F3N4O/c1-15-23(25(36)34-11-5-8-18(34)12-16-6-3-2-4-7-16)24(17-9-10-19(27)20(28)13-17)35-22(32-15)14-21(33-35)26(29,30)31/h2-4,6-7,9-10,13-14,18,23-24H,5,8,11-12H2,1H3. The van der Waals surface area contributed by atoms with Gasteiger partial charge >= 0.3 is 6.18 Å². The van der Waals surface area contributed by atoms with Crippen molar-refractivity contribution in [3.63, 3.8) is 0 Å². The summed E-state index contributed by atoms with van der Waals surface area (Å²) in [7, 11) is 0. The topological polar surface area (TPSA) is 50.5 Å². The first kappa shape index (κ1) is 24.8. The minimum absolute atomic E-state index is 0.00749. The van der Waals surface area contributed by atoms with Gasteiger partial charge in [0, 0.05) is 24.4 Å². The molecule has 0 N–H and O–H groups in total. The van der Waals surface area contributed by atoms with E-state index >= 15 is 0 Å². The molecule has 3 unspecified atom stereocenters. The highest BCUT2D eigenvalue weighted by Crippen LogP contribution is 2.42. The molecule has 2 aliphatic heterocycles. The Morgan fingerprint density at radius 2 is 1.83 bits per heavy atom. The van der Waals surface area contributed by atoms with Crippen molar-refractivity contribution in [3.05, 3.63) is 81.5 Å². The van der Waals surface area contributed by atoms with E-state index in [-0.39, 0.29) is 22.8 Å². The van der Waals surface area contributed by atoms with Crippen LogP contribution in [0.25, 0.3) is 0 Å². The molecule has 2 aliphatic rings. The summed E-state index contributed by atoms with van der Waals surface area (Å²) in [5.41, 5.74) is 1.04. The number of aliphatic imine (C=N–C) groups is 1. The van der Waals surface area contributed by atoms with E-state index < -0.39 is 23.8 Å². The fraction of sp³-hybridized carbons (Fsp3) is 0.346. The third-order valence-corrected chi connectivity index (χ3v) is 7.59. The van der Waals surface area contributed by atoms with Gasteiger partial charge in [-0.15, -0.1) is 0 Å². The zero-order valence-corrected chi connectivity index (χ0v) is 20.9. The van der Waals surface area contributed by atoms with Gasteiger partial charge in [0.1, 0.15) is 5.92 Å². The van der Waals surface area contributed by atoms with Crippen molar-refractivity contribution in [2.24, 2.45) is 10.9 Å². The zero-order valence-electron chi connectivity index (χ0n) is 19.3. The molecule has 5 nitrogen and oxygen atoms in total. The molecule has 1 amide bonds. The second-order valence-corrected chi connectivity index (χ2v) is 10.0. The maximum atomic E-state index is 14.1. The van der Waals surface area contributed by atoms with Crippen molar-refractivity contribution in [1.82, 2.24) is 14.7 Å². The number of alkyl halides is 3. The highest BCUT2D eigenvalue weighted by Gasteiger charge is 2.45. The third kappa shape index (κ3) is 4.64. The summed E-state index contributed by atoms with van der Waals surface area (Å²) in [6, 6.07) is 14.8. The van der Waals surface area contributed by atoms with Crippen LogP contribution >= 0.6 is 23.2 Å². The van der Waals surface area contributed by atoms with Gasteiger partial charge in [-0.2, -0.15) is 18.3 Å². The molecule has 1 aromatic heterocycles. The number of carbonyl (C=O) groups excluding carboxylic acids is 1. The molecule has 1 fully saturated rings. The molecule has 5 rings (SSSR count). The van der Waals surface area contributed by atoms with Crippen LogP contribution in [-0.4, -0.2) is 38.9 Å². The van der Waals surface area contributed by atoms with Crippen LogP contribution in [0.5, 0.6) is 0 Å². The van der Waals surface area contributed by atoms with Gasteiger partial charge in [0.15, 0.2) is 11.5 Å². The van der Waals surface area contributed by atoms with E-state index in [1.807, 2.05) is 35.2 Å².